The van der Waals surface area contributed by atoms with Gasteiger partial charge in [0.05, 0.1) is 23.4 Å². The number of sulfonamides is 1. The van der Waals surface area contributed by atoms with Crippen LogP contribution in [0.5, 0.6) is 5.75 Å². The van der Waals surface area contributed by atoms with Crippen molar-refractivity contribution in [1.29, 1.82) is 0 Å². The number of ether oxygens (including phenoxy) is 1. The molecule has 0 saturated heterocycles. The highest BCUT2D eigenvalue weighted by atomic mass is 32.2. The van der Waals surface area contributed by atoms with Gasteiger partial charge in [-0.25, -0.2) is 12.8 Å². The Hall–Kier alpha value is -2.86. The van der Waals surface area contributed by atoms with Crippen LogP contribution in [0, 0.1) is 5.82 Å². The number of carbonyl (C=O) groups excluding carboxylic acids is 1. The lowest BCUT2D eigenvalue weighted by molar-refractivity contribution is -0.242. The van der Waals surface area contributed by atoms with Crippen molar-refractivity contribution < 1.29 is 40.6 Å². The topological polar surface area (TPSA) is 105 Å². The standard InChI is InChI=1S/C17H16F4N2O5S/c1-16(25,17(19,20)21)15(24)22-14-7-6-12(9-13(14)18)29(26,27)23-10-4-3-5-11(8-10)28-2/h3-9,23,25H,1-2H3,(H,22,24)/t16-/m1/s1. The maximum absolute atomic E-state index is 14.2. The molecule has 2 aromatic rings. The third kappa shape index (κ3) is 4.95. The Labute approximate surface area is 163 Å². The number of halogens is 4. The van der Waals surface area contributed by atoms with Crippen LogP contribution >= 0.6 is 0 Å². The van der Waals surface area contributed by atoms with Crippen LogP contribution in [0.2, 0.25) is 0 Å². The molecule has 0 aliphatic heterocycles. The van der Waals surface area contributed by atoms with Crippen LogP contribution in [0.15, 0.2) is 47.4 Å². The zero-order valence-corrected chi connectivity index (χ0v) is 15.9. The molecule has 158 valence electrons. The van der Waals surface area contributed by atoms with E-state index in [-0.39, 0.29) is 12.6 Å². The van der Waals surface area contributed by atoms with Crippen molar-refractivity contribution in [3.63, 3.8) is 0 Å². The summed E-state index contributed by atoms with van der Waals surface area (Å²) in [5.41, 5.74) is -4.37. The molecule has 1 amide bonds. The van der Waals surface area contributed by atoms with Crippen molar-refractivity contribution in [3.05, 3.63) is 48.3 Å². The molecule has 0 fully saturated rings. The number of hydrogen-bond acceptors (Lipinski definition) is 5. The number of hydrogen-bond donors (Lipinski definition) is 3. The number of nitrogens with one attached hydrogen (secondary N) is 2. The van der Waals surface area contributed by atoms with Crippen molar-refractivity contribution >= 4 is 27.3 Å². The van der Waals surface area contributed by atoms with Gasteiger partial charge in [0.1, 0.15) is 11.6 Å². The number of amides is 1. The molecule has 0 aliphatic rings. The lowest BCUT2D eigenvalue weighted by Gasteiger charge is -2.25. The Morgan fingerprint density at radius 3 is 2.34 bits per heavy atom. The molecule has 12 heteroatoms. The number of methoxy groups -OCH3 is 1. The van der Waals surface area contributed by atoms with E-state index in [9.17, 15) is 35.9 Å². The molecule has 3 N–H and O–H groups in total. The summed E-state index contributed by atoms with van der Waals surface area (Å²) in [5, 5.41) is 10.9. The second-order valence-corrected chi connectivity index (χ2v) is 7.69. The van der Waals surface area contributed by atoms with Crippen molar-refractivity contribution in [2.45, 2.75) is 23.6 Å². The summed E-state index contributed by atoms with van der Waals surface area (Å²) < 4.78 is 84.1. The number of carbonyl (C=O) groups is 1. The molecule has 2 rings (SSSR count). The number of anilines is 2. The molecule has 1 atom stereocenters. The molecule has 0 unspecified atom stereocenters. The van der Waals surface area contributed by atoms with Gasteiger partial charge in [0.25, 0.3) is 15.9 Å². The second-order valence-electron chi connectivity index (χ2n) is 6.00. The van der Waals surface area contributed by atoms with Gasteiger partial charge < -0.3 is 15.2 Å². The molecule has 7 nitrogen and oxygen atoms in total. The van der Waals surface area contributed by atoms with E-state index in [0.29, 0.717) is 11.8 Å². The smallest absolute Gasteiger partial charge is 0.426 e. The monoisotopic (exact) mass is 436 g/mol. The van der Waals surface area contributed by atoms with Crippen molar-refractivity contribution in [2.24, 2.45) is 0 Å². The highest BCUT2D eigenvalue weighted by Gasteiger charge is 2.55. The molecule has 29 heavy (non-hydrogen) atoms. The van der Waals surface area contributed by atoms with Crippen LogP contribution in [0.1, 0.15) is 6.92 Å². The molecular formula is C17H16F4N2O5S. The van der Waals surface area contributed by atoms with Crippen LogP contribution in [0.4, 0.5) is 28.9 Å². The Kier molecular flexibility index (Phi) is 6.09. The van der Waals surface area contributed by atoms with Crippen molar-refractivity contribution in [2.75, 3.05) is 17.1 Å². The minimum absolute atomic E-state index is 0.128. The van der Waals surface area contributed by atoms with Crippen molar-refractivity contribution in [1.82, 2.24) is 0 Å². The minimum atomic E-state index is -5.29. The fraction of sp³-hybridized carbons (Fsp3) is 0.235. The quantitative estimate of drug-likeness (QED) is 0.604. The lowest BCUT2D eigenvalue weighted by Crippen LogP contribution is -2.52. The van der Waals surface area contributed by atoms with Gasteiger partial charge in [-0.3, -0.25) is 9.52 Å². The number of rotatable bonds is 6. The van der Waals surface area contributed by atoms with Crippen molar-refractivity contribution in [3.8, 4) is 5.75 Å². The summed E-state index contributed by atoms with van der Waals surface area (Å²) >= 11 is 0. The summed E-state index contributed by atoms with van der Waals surface area (Å²) in [4.78, 5) is 11.1. The third-order valence-corrected chi connectivity index (χ3v) is 5.19. The Morgan fingerprint density at radius 1 is 1.14 bits per heavy atom. The first-order chi connectivity index (χ1) is 13.3. The number of aliphatic hydroxyl groups is 1. The maximum Gasteiger partial charge on any atom is 0.426 e. The zero-order chi connectivity index (χ0) is 22.0. The molecule has 0 saturated carbocycles. The highest BCUT2D eigenvalue weighted by Crippen LogP contribution is 2.31. The fourth-order valence-electron chi connectivity index (χ4n) is 2.04. The van der Waals surface area contributed by atoms with E-state index in [1.807, 2.05) is 0 Å². The summed E-state index contributed by atoms with van der Waals surface area (Å²) in [7, 11) is -2.86. The Morgan fingerprint density at radius 2 is 1.79 bits per heavy atom. The van der Waals surface area contributed by atoms with Gasteiger partial charge in [0, 0.05) is 6.07 Å². The molecular weight excluding hydrogens is 420 g/mol. The van der Waals surface area contributed by atoms with E-state index in [0.717, 1.165) is 12.1 Å². The normalized spacial score (nSPS) is 14.0. The van der Waals surface area contributed by atoms with Crippen LogP contribution in [0.3, 0.4) is 0 Å². The van der Waals surface area contributed by atoms with Gasteiger partial charge in [0.15, 0.2) is 0 Å². The third-order valence-electron chi connectivity index (χ3n) is 3.82. The van der Waals surface area contributed by atoms with E-state index in [2.05, 4.69) is 4.72 Å². The van der Waals surface area contributed by atoms with Gasteiger partial charge in [-0.05, 0) is 37.3 Å². The lowest BCUT2D eigenvalue weighted by atomic mass is 10.1. The summed E-state index contributed by atoms with van der Waals surface area (Å²) in [6.07, 6.45) is -5.29. The molecule has 0 heterocycles. The van der Waals surface area contributed by atoms with Crippen LogP contribution < -0.4 is 14.8 Å². The molecule has 0 bridgehead atoms. The Bertz CT molecular complexity index is 1020. The van der Waals surface area contributed by atoms with E-state index < -0.39 is 44.1 Å². The summed E-state index contributed by atoms with van der Waals surface area (Å²) in [6.45, 7) is 0.205. The van der Waals surface area contributed by atoms with Gasteiger partial charge >= 0.3 is 6.18 Å². The Balaban J connectivity index is 2.25. The van der Waals surface area contributed by atoms with E-state index >= 15 is 0 Å². The molecule has 0 spiro atoms. The van der Waals surface area contributed by atoms with Crippen LogP contribution in [0.25, 0.3) is 0 Å². The summed E-state index contributed by atoms with van der Waals surface area (Å²) in [5.74, 6) is -2.87. The molecule has 0 aliphatic carbocycles. The maximum atomic E-state index is 14.2. The minimum Gasteiger partial charge on any atom is -0.497 e. The van der Waals surface area contributed by atoms with Crippen LogP contribution in [-0.4, -0.2) is 38.3 Å². The van der Waals surface area contributed by atoms with Crippen LogP contribution in [-0.2, 0) is 14.8 Å². The van der Waals surface area contributed by atoms with Gasteiger partial charge in [-0.2, -0.15) is 13.2 Å². The first-order valence-corrected chi connectivity index (χ1v) is 9.33. The highest BCUT2D eigenvalue weighted by molar-refractivity contribution is 7.92. The van der Waals surface area contributed by atoms with Gasteiger partial charge in [-0.1, -0.05) is 6.07 Å². The average molecular weight is 436 g/mol. The zero-order valence-electron chi connectivity index (χ0n) is 15.0. The first-order valence-electron chi connectivity index (χ1n) is 7.85. The predicted molar refractivity (Wildman–Crippen MR) is 95.5 cm³/mol. The average Bonchev–Trinajstić information content (AvgIpc) is 2.62. The largest absolute Gasteiger partial charge is 0.497 e. The summed E-state index contributed by atoms with van der Waals surface area (Å²) in [6, 6.07) is 8.04. The second kappa shape index (κ2) is 7.87. The SMILES string of the molecule is COc1cccc(NS(=O)(=O)c2ccc(NC(=O)[C@@](C)(O)C(F)(F)F)c(F)c2)c1. The molecule has 0 aromatic heterocycles. The van der Waals surface area contributed by atoms with E-state index in [1.54, 1.807) is 11.4 Å². The van der Waals surface area contributed by atoms with Gasteiger partial charge in [0.2, 0.25) is 5.60 Å². The van der Waals surface area contributed by atoms with E-state index in [1.165, 1.54) is 25.3 Å². The number of benzene rings is 2. The van der Waals surface area contributed by atoms with Gasteiger partial charge in [-0.15, -0.1) is 0 Å². The fourth-order valence-corrected chi connectivity index (χ4v) is 3.10. The predicted octanol–water partition coefficient (Wildman–Crippen LogP) is 2.89. The molecule has 0 radical (unpaired) electrons. The number of alkyl halides is 3. The first kappa shape index (κ1) is 22.4. The van der Waals surface area contributed by atoms with E-state index in [4.69, 9.17) is 4.74 Å². The molecule has 2 aromatic carbocycles.